The van der Waals surface area contributed by atoms with Crippen molar-refractivity contribution >= 4 is 33.0 Å². The van der Waals surface area contributed by atoms with Gasteiger partial charge in [-0.25, -0.2) is 17.8 Å². The molecule has 1 aliphatic heterocycles. The molecule has 11 heteroatoms. The SMILES string of the molecule is Cc1csc(-c2cc(S(=O)(=O)Nc3ccc(F)c(C)c3)cn2CC(=O)N2CCOCC2)n1. The molecule has 32 heavy (non-hydrogen) atoms. The Hall–Kier alpha value is -2.76. The van der Waals surface area contributed by atoms with Gasteiger partial charge in [-0.05, 0) is 43.7 Å². The van der Waals surface area contributed by atoms with Crippen molar-refractivity contribution in [3.8, 4) is 10.7 Å². The summed E-state index contributed by atoms with van der Waals surface area (Å²) in [4.78, 5) is 19.0. The summed E-state index contributed by atoms with van der Waals surface area (Å²) < 4.78 is 49.0. The predicted molar refractivity (Wildman–Crippen MR) is 120 cm³/mol. The molecule has 8 nitrogen and oxygen atoms in total. The summed E-state index contributed by atoms with van der Waals surface area (Å²) in [6.07, 6.45) is 1.43. The van der Waals surface area contributed by atoms with Crippen LogP contribution in [-0.4, -0.2) is 55.1 Å². The van der Waals surface area contributed by atoms with Crippen LogP contribution in [0.1, 0.15) is 11.3 Å². The third kappa shape index (κ3) is 4.84. The number of nitrogens with one attached hydrogen (secondary N) is 1. The van der Waals surface area contributed by atoms with E-state index < -0.39 is 15.8 Å². The van der Waals surface area contributed by atoms with Gasteiger partial charge in [-0.15, -0.1) is 11.3 Å². The molecule has 0 saturated carbocycles. The number of aromatic nitrogens is 2. The number of ether oxygens (including phenoxy) is 1. The molecule has 0 spiro atoms. The first-order chi connectivity index (χ1) is 15.2. The predicted octanol–water partition coefficient (Wildman–Crippen LogP) is 3.03. The molecule has 0 atom stereocenters. The number of aryl methyl sites for hydroxylation is 2. The summed E-state index contributed by atoms with van der Waals surface area (Å²) in [6.45, 7) is 5.36. The molecular formula is C21H23FN4O4S2. The molecule has 3 aromatic rings. The second-order valence-corrected chi connectivity index (χ2v) is 10.1. The molecule has 0 radical (unpaired) electrons. The second-order valence-electron chi connectivity index (χ2n) is 7.55. The molecular weight excluding hydrogens is 455 g/mol. The van der Waals surface area contributed by atoms with Crippen molar-refractivity contribution in [2.24, 2.45) is 0 Å². The van der Waals surface area contributed by atoms with E-state index >= 15 is 0 Å². The van der Waals surface area contributed by atoms with Gasteiger partial charge in [-0.3, -0.25) is 9.52 Å². The lowest BCUT2D eigenvalue weighted by molar-refractivity contribution is -0.135. The van der Waals surface area contributed by atoms with Gasteiger partial charge in [-0.1, -0.05) is 0 Å². The van der Waals surface area contributed by atoms with E-state index in [1.54, 1.807) is 16.4 Å². The van der Waals surface area contributed by atoms with Gasteiger partial charge in [0.05, 0.1) is 18.9 Å². The maximum absolute atomic E-state index is 13.5. The quantitative estimate of drug-likeness (QED) is 0.588. The standard InChI is InChI=1S/C21H23FN4O4S2/c1-14-9-16(3-4-18(14)22)24-32(28,29)17-10-19(21-23-15(2)13-31-21)26(11-17)12-20(27)25-5-7-30-8-6-25/h3-4,9-11,13,24H,5-8,12H2,1-2H3. The van der Waals surface area contributed by atoms with Gasteiger partial charge in [0.1, 0.15) is 22.3 Å². The molecule has 4 rings (SSSR count). The summed E-state index contributed by atoms with van der Waals surface area (Å²) in [5.41, 5.74) is 1.94. The van der Waals surface area contributed by atoms with Crippen LogP contribution in [0.2, 0.25) is 0 Å². The number of halogens is 1. The van der Waals surface area contributed by atoms with E-state index in [0.29, 0.717) is 42.6 Å². The first-order valence-electron chi connectivity index (χ1n) is 10.00. The van der Waals surface area contributed by atoms with E-state index in [2.05, 4.69) is 9.71 Å². The van der Waals surface area contributed by atoms with Gasteiger partial charge in [0.15, 0.2) is 0 Å². The monoisotopic (exact) mass is 478 g/mol. The number of nitrogens with zero attached hydrogens (tertiary/aromatic N) is 3. The zero-order valence-electron chi connectivity index (χ0n) is 17.7. The first kappa shape index (κ1) is 22.4. The van der Waals surface area contributed by atoms with E-state index in [1.165, 1.54) is 41.8 Å². The van der Waals surface area contributed by atoms with Crippen molar-refractivity contribution in [2.75, 3.05) is 31.0 Å². The van der Waals surface area contributed by atoms with Crippen LogP contribution in [0.25, 0.3) is 10.7 Å². The first-order valence-corrected chi connectivity index (χ1v) is 12.4. The number of sulfonamides is 1. The number of carbonyl (C=O) groups excluding carboxylic acids is 1. The molecule has 2 aromatic heterocycles. The number of carbonyl (C=O) groups is 1. The van der Waals surface area contributed by atoms with E-state index in [9.17, 15) is 17.6 Å². The summed E-state index contributed by atoms with van der Waals surface area (Å²) >= 11 is 1.38. The van der Waals surface area contributed by atoms with Crippen LogP contribution in [0.15, 0.2) is 40.7 Å². The summed E-state index contributed by atoms with van der Waals surface area (Å²) in [7, 11) is -3.97. The van der Waals surface area contributed by atoms with Crippen molar-refractivity contribution in [2.45, 2.75) is 25.3 Å². The van der Waals surface area contributed by atoms with Crippen LogP contribution in [0, 0.1) is 19.7 Å². The molecule has 1 aliphatic rings. The number of hydrogen-bond donors (Lipinski definition) is 1. The average Bonchev–Trinajstić information content (AvgIpc) is 3.38. The Morgan fingerprint density at radius 3 is 2.66 bits per heavy atom. The highest BCUT2D eigenvalue weighted by Gasteiger charge is 2.24. The Balaban J connectivity index is 1.66. The lowest BCUT2D eigenvalue weighted by Crippen LogP contribution is -2.42. The molecule has 1 fully saturated rings. The highest BCUT2D eigenvalue weighted by Crippen LogP contribution is 2.29. The third-order valence-corrected chi connectivity index (χ3v) is 7.43. The van der Waals surface area contributed by atoms with Crippen molar-refractivity contribution in [1.29, 1.82) is 0 Å². The summed E-state index contributed by atoms with van der Waals surface area (Å²) in [5, 5.41) is 2.49. The fourth-order valence-electron chi connectivity index (χ4n) is 3.39. The highest BCUT2D eigenvalue weighted by molar-refractivity contribution is 7.92. The van der Waals surface area contributed by atoms with Crippen LogP contribution in [0.3, 0.4) is 0 Å². The van der Waals surface area contributed by atoms with E-state index in [-0.39, 0.29) is 23.0 Å². The van der Waals surface area contributed by atoms with E-state index in [0.717, 1.165) is 5.69 Å². The maximum Gasteiger partial charge on any atom is 0.263 e. The average molecular weight is 479 g/mol. The molecule has 1 aromatic carbocycles. The third-order valence-electron chi connectivity index (χ3n) is 5.10. The minimum absolute atomic E-state index is 0.00268. The molecule has 170 valence electrons. The maximum atomic E-state index is 13.5. The van der Waals surface area contributed by atoms with Gasteiger partial charge >= 0.3 is 0 Å². The van der Waals surface area contributed by atoms with Crippen molar-refractivity contribution < 1.29 is 22.3 Å². The Morgan fingerprint density at radius 2 is 2.00 bits per heavy atom. The van der Waals surface area contributed by atoms with Crippen LogP contribution in [0.4, 0.5) is 10.1 Å². The zero-order valence-corrected chi connectivity index (χ0v) is 19.3. The minimum Gasteiger partial charge on any atom is -0.378 e. The summed E-state index contributed by atoms with van der Waals surface area (Å²) in [6, 6.07) is 5.51. The zero-order chi connectivity index (χ0) is 22.9. The minimum atomic E-state index is -3.97. The molecule has 3 heterocycles. The van der Waals surface area contributed by atoms with Gasteiger partial charge in [0, 0.05) is 36.0 Å². The van der Waals surface area contributed by atoms with Crippen LogP contribution >= 0.6 is 11.3 Å². The van der Waals surface area contributed by atoms with E-state index in [4.69, 9.17) is 4.74 Å². The van der Waals surface area contributed by atoms with Crippen LogP contribution in [-0.2, 0) is 26.1 Å². The molecule has 1 saturated heterocycles. The van der Waals surface area contributed by atoms with Gasteiger partial charge in [0.25, 0.3) is 10.0 Å². The number of hydrogen-bond acceptors (Lipinski definition) is 6. The van der Waals surface area contributed by atoms with Gasteiger partial charge in [-0.2, -0.15) is 0 Å². The lowest BCUT2D eigenvalue weighted by Gasteiger charge is -2.27. The Kier molecular flexibility index (Phi) is 6.31. The van der Waals surface area contributed by atoms with Crippen LogP contribution in [0.5, 0.6) is 0 Å². The van der Waals surface area contributed by atoms with Crippen molar-refractivity contribution in [3.05, 3.63) is 52.9 Å². The van der Waals surface area contributed by atoms with Crippen molar-refractivity contribution in [3.63, 3.8) is 0 Å². The number of amides is 1. The fraction of sp³-hybridized carbons (Fsp3) is 0.333. The van der Waals surface area contributed by atoms with Crippen LogP contribution < -0.4 is 4.72 Å². The highest BCUT2D eigenvalue weighted by atomic mass is 32.2. The normalized spacial score (nSPS) is 14.5. The molecule has 1 N–H and O–H groups in total. The lowest BCUT2D eigenvalue weighted by atomic mass is 10.2. The largest absolute Gasteiger partial charge is 0.378 e. The molecule has 0 bridgehead atoms. The smallest absolute Gasteiger partial charge is 0.263 e. The van der Waals surface area contributed by atoms with Gasteiger partial charge < -0.3 is 14.2 Å². The van der Waals surface area contributed by atoms with E-state index in [1.807, 2.05) is 12.3 Å². The van der Waals surface area contributed by atoms with Gasteiger partial charge in [0.2, 0.25) is 5.91 Å². The molecule has 1 amide bonds. The fourth-order valence-corrected chi connectivity index (χ4v) is 5.31. The number of morpholine rings is 1. The Bertz CT molecular complexity index is 1250. The second kappa shape index (κ2) is 9.00. The Morgan fingerprint density at radius 1 is 1.25 bits per heavy atom. The number of rotatable bonds is 6. The summed E-state index contributed by atoms with van der Waals surface area (Å²) in [5.74, 6) is -0.536. The Labute approximate surface area is 189 Å². The number of benzene rings is 1. The molecule has 0 aliphatic carbocycles. The number of anilines is 1. The van der Waals surface area contributed by atoms with Crippen molar-refractivity contribution in [1.82, 2.24) is 14.5 Å². The molecule has 0 unspecified atom stereocenters. The number of thiazole rings is 1. The topological polar surface area (TPSA) is 93.5 Å².